The minimum absolute atomic E-state index is 0.0816. The molecule has 0 bridgehead atoms. The van der Waals surface area contributed by atoms with E-state index in [4.69, 9.17) is 9.29 Å². The second-order valence-corrected chi connectivity index (χ2v) is 4.79. The van der Waals surface area contributed by atoms with Crippen molar-refractivity contribution in [3.05, 3.63) is 54.1 Å². The fraction of sp³-hybridized carbons (Fsp3) is 0.143. The molecule has 1 unspecified atom stereocenters. The highest BCUT2D eigenvalue weighted by molar-refractivity contribution is 7.78. The fourth-order valence-electron chi connectivity index (χ4n) is 1.81. The van der Waals surface area contributed by atoms with E-state index < -0.39 is 11.1 Å². The van der Waals surface area contributed by atoms with Crippen molar-refractivity contribution in [2.24, 2.45) is 0 Å². The topological polar surface area (TPSA) is 46.5 Å². The zero-order valence-corrected chi connectivity index (χ0v) is 10.8. The summed E-state index contributed by atoms with van der Waals surface area (Å²) >= 11 is -1.86. The highest BCUT2D eigenvalue weighted by Gasteiger charge is 2.08. The minimum Gasteiger partial charge on any atom is -0.496 e. The van der Waals surface area contributed by atoms with Gasteiger partial charge in [0.15, 0.2) is 11.1 Å². The summed E-state index contributed by atoms with van der Waals surface area (Å²) in [5.41, 5.74) is 2.85. The average molecular weight is 262 g/mol. The van der Waals surface area contributed by atoms with Gasteiger partial charge in [-0.15, -0.1) is 0 Å². The Morgan fingerprint density at radius 3 is 2.44 bits per heavy atom. The summed E-state index contributed by atoms with van der Waals surface area (Å²) in [6.07, 6.45) is 0. The number of ether oxygens (including phenoxy) is 1. The van der Waals surface area contributed by atoms with Gasteiger partial charge in [-0.05, 0) is 17.2 Å². The molecule has 0 aromatic heterocycles. The van der Waals surface area contributed by atoms with Crippen LogP contribution in [-0.4, -0.2) is 15.9 Å². The molecule has 0 saturated carbocycles. The molecule has 0 amide bonds. The molecule has 18 heavy (non-hydrogen) atoms. The zero-order chi connectivity index (χ0) is 13.0. The highest BCUT2D eigenvalue weighted by Crippen LogP contribution is 2.27. The molecule has 4 heteroatoms. The Morgan fingerprint density at radius 1 is 1.11 bits per heavy atom. The summed E-state index contributed by atoms with van der Waals surface area (Å²) in [4.78, 5) is 0. The van der Waals surface area contributed by atoms with Gasteiger partial charge in [0.25, 0.3) is 0 Å². The van der Waals surface area contributed by atoms with Crippen LogP contribution < -0.4 is 4.74 Å². The Morgan fingerprint density at radius 2 is 1.83 bits per heavy atom. The molecule has 2 aromatic rings. The maximum absolute atomic E-state index is 10.8. The summed E-state index contributed by atoms with van der Waals surface area (Å²) in [5, 5.41) is 0. The quantitative estimate of drug-likeness (QED) is 0.861. The van der Waals surface area contributed by atoms with Crippen LogP contribution in [0.25, 0.3) is 11.1 Å². The lowest BCUT2D eigenvalue weighted by Crippen LogP contribution is -1.97. The minimum atomic E-state index is -1.86. The van der Waals surface area contributed by atoms with Gasteiger partial charge in [0.2, 0.25) is 0 Å². The number of hydrogen-bond donors (Lipinski definition) is 1. The van der Waals surface area contributed by atoms with Gasteiger partial charge in [0.05, 0.1) is 12.9 Å². The van der Waals surface area contributed by atoms with Crippen molar-refractivity contribution in [2.75, 3.05) is 7.11 Å². The average Bonchev–Trinajstić information content (AvgIpc) is 2.39. The predicted molar refractivity (Wildman–Crippen MR) is 72.9 cm³/mol. The van der Waals surface area contributed by atoms with Gasteiger partial charge in [0, 0.05) is 5.56 Å². The monoisotopic (exact) mass is 262 g/mol. The van der Waals surface area contributed by atoms with E-state index in [-0.39, 0.29) is 5.75 Å². The van der Waals surface area contributed by atoms with Crippen LogP contribution in [0.15, 0.2) is 48.5 Å². The molecular formula is C14H14O3S. The Labute approximate surface area is 109 Å². The molecule has 2 aromatic carbocycles. The molecule has 0 aliphatic heterocycles. The molecule has 0 radical (unpaired) electrons. The first kappa shape index (κ1) is 12.8. The zero-order valence-electron chi connectivity index (χ0n) is 10.00. The predicted octanol–water partition coefficient (Wildman–Crippen LogP) is 3.08. The van der Waals surface area contributed by atoms with Gasteiger partial charge in [0.1, 0.15) is 5.75 Å². The van der Waals surface area contributed by atoms with Crippen LogP contribution >= 0.6 is 0 Å². The molecule has 1 N–H and O–H groups in total. The molecule has 0 spiro atoms. The van der Waals surface area contributed by atoms with Crippen molar-refractivity contribution >= 4 is 11.1 Å². The van der Waals surface area contributed by atoms with E-state index in [1.165, 1.54) is 0 Å². The molecule has 0 fully saturated rings. The maximum Gasteiger partial charge on any atom is 0.157 e. The second kappa shape index (κ2) is 5.80. The Bertz CT molecular complexity index is 552. The lowest BCUT2D eigenvalue weighted by molar-refractivity contribution is 0.411. The molecule has 0 saturated heterocycles. The molecule has 0 heterocycles. The van der Waals surface area contributed by atoms with Crippen LogP contribution in [0.2, 0.25) is 0 Å². The number of hydrogen-bond acceptors (Lipinski definition) is 2. The van der Waals surface area contributed by atoms with E-state index in [1.54, 1.807) is 7.11 Å². The Kier molecular flexibility index (Phi) is 4.12. The standard InChI is InChI=1S/C14H14O3S/c1-17-14-9-12(11-5-3-2-4-6-11)7-8-13(14)10-18(15)16/h2-9H,10H2,1H3,(H,15,16). The second-order valence-electron chi connectivity index (χ2n) is 3.86. The van der Waals surface area contributed by atoms with E-state index >= 15 is 0 Å². The molecule has 2 rings (SSSR count). The Hall–Kier alpha value is -1.65. The SMILES string of the molecule is COc1cc(-c2ccccc2)ccc1CS(=O)O. The van der Waals surface area contributed by atoms with E-state index in [0.717, 1.165) is 16.7 Å². The van der Waals surface area contributed by atoms with Crippen molar-refractivity contribution in [2.45, 2.75) is 5.75 Å². The van der Waals surface area contributed by atoms with Crippen LogP contribution in [0.3, 0.4) is 0 Å². The van der Waals surface area contributed by atoms with Gasteiger partial charge in [-0.3, -0.25) is 0 Å². The van der Waals surface area contributed by atoms with Crippen LogP contribution in [0.1, 0.15) is 5.56 Å². The van der Waals surface area contributed by atoms with Crippen LogP contribution in [0.4, 0.5) is 0 Å². The number of methoxy groups -OCH3 is 1. The molecule has 0 aliphatic carbocycles. The first-order chi connectivity index (χ1) is 8.70. The lowest BCUT2D eigenvalue weighted by Gasteiger charge is -2.09. The maximum atomic E-state index is 10.8. The van der Waals surface area contributed by atoms with E-state index in [2.05, 4.69) is 0 Å². The summed E-state index contributed by atoms with van der Waals surface area (Å²) in [6.45, 7) is 0. The number of rotatable bonds is 4. The third-order valence-corrected chi connectivity index (χ3v) is 3.23. The molecule has 0 aliphatic rings. The fourth-order valence-corrected chi connectivity index (χ4v) is 2.31. The largest absolute Gasteiger partial charge is 0.496 e. The third kappa shape index (κ3) is 2.97. The van der Waals surface area contributed by atoms with Gasteiger partial charge in [-0.25, -0.2) is 4.21 Å². The van der Waals surface area contributed by atoms with Gasteiger partial charge < -0.3 is 9.29 Å². The lowest BCUT2D eigenvalue weighted by atomic mass is 10.0. The Balaban J connectivity index is 2.39. The summed E-state index contributed by atoms with van der Waals surface area (Å²) in [7, 11) is 1.56. The van der Waals surface area contributed by atoms with Crippen molar-refractivity contribution < 1.29 is 13.5 Å². The molecular weight excluding hydrogens is 248 g/mol. The summed E-state index contributed by atoms with van der Waals surface area (Å²) in [6, 6.07) is 15.6. The first-order valence-corrected chi connectivity index (χ1v) is 6.78. The van der Waals surface area contributed by atoms with E-state index in [0.29, 0.717) is 5.75 Å². The summed E-state index contributed by atoms with van der Waals surface area (Å²) in [5.74, 6) is 0.719. The van der Waals surface area contributed by atoms with Gasteiger partial charge >= 0.3 is 0 Å². The van der Waals surface area contributed by atoms with Crippen molar-refractivity contribution in [1.29, 1.82) is 0 Å². The molecule has 1 atom stereocenters. The van der Waals surface area contributed by atoms with Gasteiger partial charge in [-0.1, -0.05) is 42.5 Å². The third-order valence-electron chi connectivity index (χ3n) is 2.67. The van der Waals surface area contributed by atoms with Crippen molar-refractivity contribution in [1.82, 2.24) is 0 Å². The van der Waals surface area contributed by atoms with Crippen molar-refractivity contribution in [3.63, 3.8) is 0 Å². The van der Waals surface area contributed by atoms with Crippen molar-refractivity contribution in [3.8, 4) is 16.9 Å². The highest BCUT2D eigenvalue weighted by atomic mass is 32.2. The summed E-state index contributed by atoms with van der Waals surface area (Å²) < 4.78 is 25.0. The first-order valence-electron chi connectivity index (χ1n) is 5.50. The smallest absolute Gasteiger partial charge is 0.157 e. The van der Waals surface area contributed by atoms with E-state index in [1.807, 2.05) is 48.5 Å². The number of benzene rings is 2. The molecule has 94 valence electrons. The normalized spacial score (nSPS) is 12.1. The van der Waals surface area contributed by atoms with E-state index in [9.17, 15) is 4.21 Å². The molecule has 3 nitrogen and oxygen atoms in total. The van der Waals surface area contributed by atoms with Crippen LogP contribution in [0.5, 0.6) is 5.75 Å². The van der Waals surface area contributed by atoms with Crippen LogP contribution in [0, 0.1) is 0 Å². The van der Waals surface area contributed by atoms with Gasteiger partial charge in [-0.2, -0.15) is 0 Å². The van der Waals surface area contributed by atoms with Crippen LogP contribution in [-0.2, 0) is 16.8 Å².